The summed E-state index contributed by atoms with van der Waals surface area (Å²) in [4.78, 5) is 26.7. The van der Waals surface area contributed by atoms with Crippen molar-refractivity contribution in [1.29, 1.82) is 0 Å². The summed E-state index contributed by atoms with van der Waals surface area (Å²) in [6, 6.07) is 59.4. The Kier molecular flexibility index (Phi) is 15.1. The van der Waals surface area contributed by atoms with Gasteiger partial charge >= 0.3 is 11.7 Å². The molecule has 0 radical (unpaired) electrons. The molecule has 6 aromatic carbocycles. The van der Waals surface area contributed by atoms with Crippen LogP contribution < -0.4 is 15.2 Å². The number of H-pyrrole nitrogens is 1. The van der Waals surface area contributed by atoms with Crippen LogP contribution in [-0.4, -0.2) is 44.4 Å². The Balaban J connectivity index is 1.18. The lowest BCUT2D eigenvalue weighted by Crippen LogP contribution is -2.47. The monoisotopic (exact) mass is 842 g/mol. The summed E-state index contributed by atoms with van der Waals surface area (Å²) < 4.78 is 41.0. The highest BCUT2D eigenvalue weighted by Crippen LogP contribution is 2.27. The molecule has 0 fully saturated rings. The van der Waals surface area contributed by atoms with Gasteiger partial charge in [0.1, 0.15) is 37.0 Å². The Labute approximate surface area is 366 Å². The summed E-state index contributed by atoms with van der Waals surface area (Å²) in [5.74, 6) is 0.180. The molecular formula is C52H50N4O7. The molecule has 0 aliphatic rings. The average Bonchev–Trinajstić information content (AvgIpc) is 3.66. The van der Waals surface area contributed by atoms with Crippen molar-refractivity contribution >= 4 is 11.2 Å². The molecule has 8 rings (SSSR count). The fourth-order valence-corrected chi connectivity index (χ4v) is 7.08. The van der Waals surface area contributed by atoms with E-state index in [2.05, 4.69) is 9.97 Å². The zero-order valence-electron chi connectivity index (χ0n) is 34.9. The maximum absolute atomic E-state index is 14.3. The number of benzene rings is 6. The Morgan fingerprint density at radius 1 is 0.460 bits per heavy atom. The number of hydrogen-bond donors (Lipinski definition) is 1. The lowest BCUT2D eigenvalue weighted by atomic mass is 10.1. The van der Waals surface area contributed by atoms with Crippen molar-refractivity contribution in [3.05, 3.63) is 226 Å². The van der Waals surface area contributed by atoms with Crippen LogP contribution in [0.2, 0.25) is 0 Å². The molecule has 0 aliphatic heterocycles. The van der Waals surface area contributed by atoms with Crippen LogP contribution in [0.4, 0.5) is 0 Å². The van der Waals surface area contributed by atoms with Gasteiger partial charge in [0.15, 0.2) is 5.65 Å². The van der Waals surface area contributed by atoms with E-state index in [0.717, 1.165) is 33.4 Å². The second-order valence-electron chi connectivity index (χ2n) is 15.0. The normalized spacial score (nSPS) is 12.8. The van der Waals surface area contributed by atoms with Crippen LogP contribution in [0.25, 0.3) is 11.2 Å². The van der Waals surface area contributed by atoms with Gasteiger partial charge in [0.2, 0.25) is 5.88 Å². The number of nitrogens with one attached hydrogen (secondary N) is 1. The Morgan fingerprint density at radius 3 is 1.37 bits per heavy atom. The van der Waals surface area contributed by atoms with Gasteiger partial charge in [-0.25, -0.2) is 4.79 Å². The Morgan fingerprint density at radius 2 is 0.873 bits per heavy atom. The van der Waals surface area contributed by atoms with Gasteiger partial charge in [0.05, 0.1) is 39.6 Å². The first-order valence-electron chi connectivity index (χ1n) is 21.1. The van der Waals surface area contributed by atoms with Gasteiger partial charge in [0.25, 0.3) is 0 Å². The third-order valence-corrected chi connectivity index (χ3v) is 10.4. The van der Waals surface area contributed by atoms with E-state index in [1.165, 1.54) is 4.57 Å². The molecule has 0 saturated carbocycles. The van der Waals surface area contributed by atoms with E-state index in [0.29, 0.717) is 24.4 Å². The third kappa shape index (κ3) is 12.4. The van der Waals surface area contributed by atoms with Crippen molar-refractivity contribution in [2.75, 3.05) is 6.61 Å². The zero-order valence-corrected chi connectivity index (χ0v) is 34.9. The molecule has 63 heavy (non-hydrogen) atoms. The number of nitrogens with zero attached hydrogens (tertiary/aromatic N) is 3. The van der Waals surface area contributed by atoms with Crippen LogP contribution in [-0.2, 0) is 65.1 Å². The first kappa shape index (κ1) is 42.8. The topological polar surface area (TPSA) is 119 Å². The average molecular weight is 843 g/mol. The fraction of sp³-hybridized carbons (Fsp3) is 0.212. The second-order valence-corrected chi connectivity index (χ2v) is 15.0. The van der Waals surface area contributed by atoms with Gasteiger partial charge in [-0.3, -0.25) is 9.55 Å². The van der Waals surface area contributed by atoms with Crippen LogP contribution in [0.5, 0.6) is 11.9 Å². The number of imidazole rings is 1. The Hall–Kier alpha value is -6.89. The quantitative estimate of drug-likeness (QED) is 0.0673. The number of rotatable bonds is 23. The zero-order chi connectivity index (χ0) is 42.9. The predicted molar refractivity (Wildman–Crippen MR) is 241 cm³/mol. The molecule has 0 aliphatic carbocycles. The van der Waals surface area contributed by atoms with Crippen molar-refractivity contribution in [3.63, 3.8) is 0 Å². The van der Waals surface area contributed by atoms with Crippen LogP contribution >= 0.6 is 0 Å². The van der Waals surface area contributed by atoms with E-state index < -0.39 is 24.0 Å². The van der Waals surface area contributed by atoms with Gasteiger partial charge in [-0.05, 0) is 33.4 Å². The molecule has 2 heterocycles. The molecule has 11 heteroatoms. The summed E-state index contributed by atoms with van der Waals surface area (Å²) in [7, 11) is 0. The lowest BCUT2D eigenvalue weighted by molar-refractivity contribution is -0.171. The summed E-state index contributed by atoms with van der Waals surface area (Å²) in [6.07, 6.45) is -2.18. The number of hydrogen-bond acceptors (Lipinski definition) is 9. The molecule has 0 amide bonds. The number of ether oxygens (including phenoxy) is 6. The van der Waals surface area contributed by atoms with Gasteiger partial charge in [0, 0.05) is 0 Å². The van der Waals surface area contributed by atoms with Gasteiger partial charge in [-0.1, -0.05) is 182 Å². The SMILES string of the molecule is O=c1[nH]c2c(OCc3ccccc3)nc(OCc3ccccc3)nc2n1C[C@H](OCc1ccccc1)[C@H](OCc1ccccc1)[C@@H](COCc1ccccc1)OCc1ccccc1. The van der Waals surface area contributed by atoms with Crippen molar-refractivity contribution in [2.24, 2.45) is 0 Å². The first-order valence-corrected chi connectivity index (χ1v) is 21.1. The second kappa shape index (κ2) is 22.3. The summed E-state index contributed by atoms with van der Waals surface area (Å²) in [6.45, 7) is 1.75. The highest BCUT2D eigenvalue weighted by Gasteiger charge is 2.35. The van der Waals surface area contributed by atoms with E-state index >= 15 is 0 Å². The molecule has 0 unspecified atom stereocenters. The third-order valence-electron chi connectivity index (χ3n) is 10.4. The minimum atomic E-state index is -0.774. The fourth-order valence-electron chi connectivity index (χ4n) is 7.08. The molecule has 8 aromatic rings. The van der Waals surface area contributed by atoms with Crippen LogP contribution in [0.3, 0.4) is 0 Å². The van der Waals surface area contributed by atoms with Crippen LogP contribution in [0.15, 0.2) is 187 Å². The molecule has 0 bridgehead atoms. The molecule has 2 aromatic heterocycles. The van der Waals surface area contributed by atoms with E-state index in [-0.39, 0.29) is 51.5 Å². The smallest absolute Gasteiger partial charge is 0.327 e. The summed E-state index contributed by atoms with van der Waals surface area (Å²) in [5, 5.41) is 0. The minimum absolute atomic E-state index is 0.0161. The van der Waals surface area contributed by atoms with E-state index in [1.807, 2.05) is 182 Å². The number of fused-ring (bicyclic) bond motifs is 1. The molecule has 3 atom stereocenters. The molecule has 1 N–H and O–H groups in total. The van der Waals surface area contributed by atoms with Crippen LogP contribution in [0, 0.1) is 0 Å². The van der Waals surface area contributed by atoms with E-state index in [1.54, 1.807) is 0 Å². The summed E-state index contributed by atoms with van der Waals surface area (Å²) >= 11 is 0. The largest absolute Gasteiger partial charge is 0.471 e. The molecule has 0 saturated heterocycles. The lowest BCUT2D eigenvalue weighted by Gasteiger charge is -2.34. The van der Waals surface area contributed by atoms with Gasteiger partial charge in [-0.2, -0.15) is 9.97 Å². The van der Waals surface area contributed by atoms with Gasteiger partial charge in [-0.15, -0.1) is 0 Å². The number of aromatic amines is 1. The Bertz CT molecular complexity index is 2610. The van der Waals surface area contributed by atoms with Crippen molar-refractivity contribution in [1.82, 2.24) is 19.5 Å². The highest BCUT2D eigenvalue weighted by molar-refractivity contribution is 5.76. The molecule has 0 spiro atoms. The maximum atomic E-state index is 14.3. The molecular weight excluding hydrogens is 793 g/mol. The van der Waals surface area contributed by atoms with Crippen molar-refractivity contribution in [3.8, 4) is 11.9 Å². The van der Waals surface area contributed by atoms with E-state index in [9.17, 15) is 4.79 Å². The molecule has 11 nitrogen and oxygen atoms in total. The minimum Gasteiger partial charge on any atom is -0.471 e. The predicted octanol–water partition coefficient (Wildman–Crippen LogP) is 9.25. The molecule has 320 valence electrons. The summed E-state index contributed by atoms with van der Waals surface area (Å²) in [5.41, 5.74) is 5.99. The van der Waals surface area contributed by atoms with Gasteiger partial charge < -0.3 is 28.4 Å². The van der Waals surface area contributed by atoms with Crippen molar-refractivity contribution in [2.45, 2.75) is 64.5 Å². The van der Waals surface area contributed by atoms with Crippen molar-refractivity contribution < 1.29 is 28.4 Å². The van der Waals surface area contributed by atoms with Crippen LogP contribution in [0.1, 0.15) is 33.4 Å². The number of aromatic nitrogens is 4. The first-order chi connectivity index (χ1) is 31.1. The maximum Gasteiger partial charge on any atom is 0.327 e. The highest BCUT2D eigenvalue weighted by atomic mass is 16.6. The standard InChI is InChI=1S/C52H50N4O7/c57-52-53-47-49(54-51(63-37-44-29-17-6-18-30-44)55-50(47)62-36-43-27-15-5-16-28-43)56(52)31-45(59-33-40-21-9-2-10-22-40)48(61-35-42-25-13-4-14-26-42)46(60-34-41-23-11-3-12-24-41)38-58-32-39-19-7-1-8-20-39/h1-30,45-46,48H,31-38H2,(H,53,57)/t45-,46+,48-/m0/s1. The van der Waals surface area contributed by atoms with E-state index in [4.69, 9.17) is 33.4 Å².